The molecule has 2 aromatic carbocycles. The number of fused-ring (bicyclic) bond motifs is 1. The molecule has 0 unspecified atom stereocenters. The van der Waals surface area contributed by atoms with Crippen molar-refractivity contribution in [1.82, 2.24) is 0 Å². The molecule has 0 aliphatic carbocycles. The maximum atomic E-state index is 5.98. The van der Waals surface area contributed by atoms with Gasteiger partial charge in [0.1, 0.15) is 5.75 Å². The van der Waals surface area contributed by atoms with Crippen LogP contribution in [-0.4, -0.2) is 20.7 Å². The van der Waals surface area contributed by atoms with E-state index in [0.29, 0.717) is 0 Å². The standard InChI is InChI=1S/C20H23N2O/c1-21(2)18-11-14-22(15-12-18)13-6-16-23-20-10-5-8-17-7-3-4-9-19(17)20/h3-5,7-12,14-15H,6,13,16H2,1-2H3/q+1. The fourth-order valence-corrected chi connectivity index (χ4v) is 2.65. The Bertz CT molecular complexity index is 761. The van der Waals surface area contributed by atoms with E-state index in [1.165, 1.54) is 16.5 Å². The monoisotopic (exact) mass is 307 g/mol. The van der Waals surface area contributed by atoms with Crippen molar-refractivity contribution in [3.8, 4) is 5.75 Å². The number of ether oxygens (including phenoxy) is 1. The van der Waals surface area contributed by atoms with Crippen molar-refractivity contribution in [2.24, 2.45) is 0 Å². The predicted octanol–water partition coefficient (Wildman–Crippen LogP) is 3.66. The van der Waals surface area contributed by atoms with Crippen molar-refractivity contribution in [3.63, 3.8) is 0 Å². The minimum atomic E-state index is 0.719. The molecule has 3 aromatic rings. The highest BCUT2D eigenvalue weighted by atomic mass is 16.5. The second kappa shape index (κ2) is 7.14. The Morgan fingerprint density at radius 2 is 1.65 bits per heavy atom. The van der Waals surface area contributed by atoms with E-state index in [1.807, 2.05) is 12.1 Å². The summed E-state index contributed by atoms with van der Waals surface area (Å²) < 4.78 is 8.18. The first kappa shape index (κ1) is 15.3. The molecular weight excluding hydrogens is 284 g/mol. The molecule has 0 saturated carbocycles. The Morgan fingerprint density at radius 1 is 0.913 bits per heavy atom. The van der Waals surface area contributed by atoms with Crippen LogP contribution in [0.4, 0.5) is 5.69 Å². The third kappa shape index (κ3) is 3.81. The van der Waals surface area contributed by atoms with E-state index >= 15 is 0 Å². The number of aryl methyl sites for hydroxylation is 1. The number of pyridine rings is 1. The van der Waals surface area contributed by atoms with E-state index in [9.17, 15) is 0 Å². The van der Waals surface area contributed by atoms with E-state index < -0.39 is 0 Å². The molecule has 1 aromatic heterocycles. The Kier molecular flexibility index (Phi) is 4.77. The second-order valence-electron chi connectivity index (χ2n) is 5.87. The van der Waals surface area contributed by atoms with Gasteiger partial charge in [-0.05, 0) is 11.5 Å². The lowest BCUT2D eigenvalue weighted by molar-refractivity contribution is -0.697. The van der Waals surface area contributed by atoms with Gasteiger partial charge in [0.15, 0.2) is 18.9 Å². The average molecular weight is 307 g/mol. The van der Waals surface area contributed by atoms with E-state index in [0.717, 1.165) is 25.3 Å². The number of hydrogen-bond acceptors (Lipinski definition) is 2. The molecule has 3 nitrogen and oxygen atoms in total. The Morgan fingerprint density at radius 3 is 2.43 bits per heavy atom. The molecule has 0 spiro atoms. The van der Waals surface area contributed by atoms with Crippen LogP contribution in [0, 0.1) is 0 Å². The lowest BCUT2D eigenvalue weighted by Crippen LogP contribution is -2.33. The molecule has 0 saturated heterocycles. The molecule has 1 heterocycles. The van der Waals surface area contributed by atoms with E-state index in [-0.39, 0.29) is 0 Å². The number of nitrogens with zero attached hydrogens (tertiary/aromatic N) is 2. The quantitative estimate of drug-likeness (QED) is 0.510. The van der Waals surface area contributed by atoms with Gasteiger partial charge in [0.2, 0.25) is 0 Å². The van der Waals surface area contributed by atoms with Gasteiger partial charge >= 0.3 is 0 Å². The summed E-state index contributed by atoms with van der Waals surface area (Å²) >= 11 is 0. The average Bonchev–Trinajstić information content (AvgIpc) is 2.59. The fourth-order valence-electron chi connectivity index (χ4n) is 2.65. The van der Waals surface area contributed by atoms with Gasteiger partial charge in [-0.25, -0.2) is 4.57 Å². The molecule has 0 radical (unpaired) electrons. The first-order chi connectivity index (χ1) is 11.2. The number of aromatic nitrogens is 1. The van der Waals surface area contributed by atoms with Crippen LogP contribution >= 0.6 is 0 Å². The van der Waals surface area contributed by atoms with Crippen LogP contribution in [0.3, 0.4) is 0 Å². The number of benzene rings is 2. The van der Waals surface area contributed by atoms with Gasteiger partial charge in [0.05, 0.1) is 6.61 Å². The van der Waals surface area contributed by atoms with Gasteiger partial charge in [0.25, 0.3) is 0 Å². The van der Waals surface area contributed by atoms with Crippen LogP contribution in [0.25, 0.3) is 10.8 Å². The Hall–Kier alpha value is -2.55. The summed E-state index contributed by atoms with van der Waals surface area (Å²) in [7, 11) is 4.11. The zero-order chi connectivity index (χ0) is 16.1. The zero-order valence-electron chi connectivity index (χ0n) is 13.8. The number of hydrogen-bond donors (Lipinski definition) is 0. The van der Waals surface area contributed by atoms with Gasteiger partial charge < -0.3 is 9.64 Å². The summed E-state index contributed by atoms with van der Waals surface area (Å²) in [6.07, 6.45) is 5.22. The molecule has 0 atom stereocenters. The van der Waals surface area contributed by atoms with Crippen molar-refractivity contribution in [2.45, 2.75) is 13.0 Å². The highest BCUT2D eigenvalue weighted by molar-refractivity contribution is 5.88. The molecular formula is C20H23N2O+. The molecule has 0 aliphatic heterocycles. The van der Waals surface area contributed by atoms with Crippen LogP contribution in [0.5, 0.6) is 5.75 Å². The van der Waals surface area contributed by atoms with Crippen LogP contribution in [-0.2, 0) is 6.54 Å². The van der Waals surface area contributed by atoms with Crippen molar-refractivity contribution >= 4 is 16.5 Å². The molecule has 0 bridgehead atoms. The van der Waals surface area contributed by atoms with Crippen molar-refractivity contribution in [3.05, 3.63) is 67.0 Å². The Balaban J connectivity index is 1.55. The van der Waals surface area contributed by atoms with Gasteiger partial charge in [-0.2, -0.15) is 0 Å². The van der Waals surface area contributed by atoms with Gasteiger partial charge in [-0.1, -0.05) is 36.4 Å². The third-order valence-electron chi connectivity index (χ3n) is 3.96. The molecule has 3 rings (SSSR count). The van der Waals surface area contributed by atoms with Crippen LogP contribution < -0.4 is 14.2 Å². The fraction of sp³-hybridized carbons (Fsp3) is 0.250. The largest absolute Gasteiger partial charge is 0.493 e. The highest BCUT2D eigenvalue weighted by Crippen LogP contribution is 2.25. The van der Waals surface area contributed by atoms with Crippen molar-refractivity contribution in [1.29, 1.82) is 0 Å². The summed E-state index contributed by atoms with van der Waals surface area (Å²) in [5, 5.41) is 2.40. The maximum absolute atomic E-state index is 5.98. The van der Waals surface area contributed by atoms with Crippen LogP contribution in [0.2, 0.25) is 0 Å². The molecule has 23 heavy (non-hydrogen) atoms. The molecule has 0 fully saturated rings. The van der Waals surface area contributed by atoms with E-state index in [1.54, 1.807) is 0 Å². The summed E-state index contributed by atoms with van der Waals surface area (Å²) in [4.78, 5) is 2.11. The SMILES string of the molecule is CN(C)c1cc[n+](CCCOc2cccc3ccccc23)cc1. The minimum absolute atomic E-state index is 0.719. The van der Waals surface area contributed by atoms with Gasteiger partial charge in [-0.15, -0.1) is 0 Å². The summed E-state index contributed by atoms with van der Waals surface area (Å²) in [5.41, 5.74) is 1.22. The third-order valence-corrected chi connectivity index (χ3v) is 3.96. The lowest BCUT2D eigenvalue weighted by Gasteiger charge is -2.10. The summed E-state index contributed by atoms with van der Waals surface area (Å²) in [6, 6.07) is 18.8. The second-order valence-corrected chi connectivity index (χ2v) is 5.87. The molecule has 3 heteroatoms. The summed E-state index contributed by atoms with van der Waals surface area (Å²) in [5.74, 6) is 0.969. The minimum Gasteiger partial charge on any atom is -0.493 e. The van der Waals surface area contributed by atoms with Gasteiger partial charge in [0, 0.05) is 43.7 Å². The molecule has 118 valence electrons. The van der Waals surface area contributed by atoms with Crippen LogP contribution in [0.15, 0.2) is 67.0 Å². The van der Waals surface area contributed by atoms with Crippen LogP contribution in [0.1, 0.15) is 6.42 Å². The van der Waals surface area contributed by atoms with E-state index in [4.69, 9.17) is 4.74 Å². The topological polar surface area (TPSA) is 16.4 Å². The first-order valence-corrected chi connectivity index (χ1v) is 8.01. The normalized spacial score (nSPS) is 10.7. The summed E-state index contributed by atoms with van der Waals surface area (Å²) in [6.45, 7) is 1.68. The molecule has 0 aliphatic rings. The number of rotatable bonds is 6. The van der Waals surface area contributed by atoms with E-state index in [2.05, 4.69) is 78.4 Å². The Labute approximate surface area is 137 Å². The predicted molar refractivity (Wildman–Crippen MR) is 95.0 cm³/mol. The maximum Gasteiger partial charge on any atom is 0.170 e. The number of anilines is 1. The zero-order valence-corrected chi connectivity index (χ0v) is 13.8. The van der Waals surface area contributed by atoms with Crippen molar-refractivity contribution < 1.29 is 9.30 Å². The highest BCUT2D eigenvalue weighted by Gasteiger charge is 2.04. The lowest BCUT2D eigenvalue weighted by atomic mass is 10.1. The molecule has 0 N–H and O–H groups in total. The van der Waals surface area contributed by atoms with Crippen molar-refractivity contribution in [2.75, 3.05) is 25.6 Å². The van der Waals surface area contributed by atoms with Gasteiger partial charge in [-0.3, -0.25) is 0 Å². The first-order valence-electron chi connectivity index (χ1n) is 8.01. The molecule has 0 amide bonds. The smallest absolute Gasteiger partial charge is 0.170 e.